The van der Waals surface area contributed by atoms with Crippen LogP contribution in [0.15, 0.2) is 194 Å². The minimum absolute atomic E-state index is 0.0262. The number of aromatic nitrogens is 3. The van der Waals surface area contributed by atoms with Crippen molar-refractivity contribution in [3.63, 3.8) is 0 Å². The molecular formula is C65H59N3O. The van der Waals surface area contributed by atoms with Crippen molar-refractivity contribution in [3.05, 3.63) is 217 Å². The number of para-hydroxylation sites is 1. The Kier molecular flexibility index (Phi) is 11.0. The van der Waals surface area contributed by atoms with E-state index in [4.69, 9.17) is 14.1 Å². The third-order valence-electron chi connectivity index (χ3n) is 13.4. The van der Waals surface area contributed by atoms with Gasteiger partial charge in [-0.1, -0.05) is 188 Å². The standard InChI is InChI=1S/C65H59N3O/c1-41(2)50-37-55(42(3)4)63(69)58(38-50)64-67-62-54(25-18-26-60(62)68(64)61-40-56(47-21-14-10-15-22-47)43(5)33-57(61)48-23-16-11-17-24-48)51-34-52(36-53(35-51)65(6,7)8)59-39-49(31-32-66-59)46-29-27-45(28-30-46)44-19-12-9-13-20-44/h9-42,69H,1-8H3/i5D3. The van der Waals surface area contributed by atoms with Crippen LogP contribution in [0.25, 0.3) is 95.0 Å². The van der Waals surface area contributed by atoms with Gasteiger partial charge >= 0.3 is 0 Å². The maximum absolute atomic E-state index is 12.5. The predicted octanol–water partition coefficient (Wildman–Crippen LogP) is 17.6. The molecule has 2 heterocycles. The number of rotatable bonds is 10. The molecular weight excluding hydrogens is 839 g/mol. The van der Waals surface area contributed by atoms with Crippen molar-refractivity contribution in [2.24, 2.45) is 0 Å². The molecule has 0 saturated heterocycles. The lowest BCUT2D eigenvalue weighted by molar-refractivity contribution is 0.466. The van der Waals surface area contributed by atoms with E-state index < -0.39 is 6.85 Å². The number of nitrogens with zero attached hydrogens (tertiary/aromatic N) is 3. The first-order valence-corrected chi connectivity index (χ1v) is 24.0. The first-order chi connectivity index (χ1) is 34.5. The third kappa shape index (κ3) is 8.80. The van der Waals surface area contributed by atoms with Crippen LogP contribution in [0.2, 0.25) is 0 Å². The van der Waals surface area contributed by atoms with E-state index in [2.05, 4.69) is 162 Å². The summed E-state index contributed by atoms with van der Waals surface area (Å²) in [6.07, 6.45) is 1.89. The van der Waals surface area contributed by atoms with Crippen LogP contribution in [0.5, 0.6) is 5.75 Å². The fraction of sp³-hybridized carbons (Fsp3) is 0.169. The first-order valence-electron chi connectivity index (χ1n) is 25.5. The number of phenolic OH excluding ortho intramolecular Hbond substituents is 1. The molecule has 0 atom stereocenters. The fourth-order valence-electron chi connectivity index (χ4n) is 9.48. The molecule has 340 valence electrons. The number of benzene rings is 8. The predicted molar refractivity (Wildman–Crippen MR) is 290 cm³/mol. The molecule has 0 radical (unpaired) electrons. The number of imidazole rings is 1. The van der Waals surface area contributed by atoms with Gasteiger partial charge in [0.2, 0.25) is 0 Å². The highest BCUT2D eigenvalue weighted by atomic mass is 16.3. The van der Waals surface area contributed by atoms with E-state index in [1.807, 2.05) is 85.1 Å². The summed E-state index contributed by atoms with van der Waals surface area (Å²) in [5, 5.41) is 12.5. The number of aryl methyl sites for hydroxylation is 1. The Morgan fingerprint density at radius 2 is 1.12 bits per heavy atom. The van der Waals surface area contributed by atoms with E-state index in [-0.39, 0.29) is 28.6 Å². The highest BCUT2D eigenvalue weighted by Gasteiger charge is 2.26. The maximum Gasteiger partial charge on any atom is 0.149 e. The lowest BCUT2D eigenvalue weighted by atomic mass is 9.83. The van der Waals surface area contributed by atoms with Gasteiger partial charge in [-0.2, -0.15) is 0 Å². The molecule has 0 unspecified atom stereocenters. The van der Waals surface area contributed by atoms with Gasteiger partial charge in [0.25, 0.3) is 0 Å². The molecule has 10 aromatic rings. The average Bonchev–Trinajstić information content (AvgIpc) is 3.78. The van der Waals surface area contributed by atoms with Gasteiger partial charge < -0.3 is 5.11 Å². The lowest BCUT2D eigenvalue weighted by Gasteiger charge is -2.22. The molecule has 0 aliphatic heterocycles. The third-order valence-corrected chi connectivity index (χ3v) is 13.4. The number of phenols is 1. The summed E-state index contributed by atoms with van der Waals surface area (Å²) < 4.78 is 28.7. The summed E-state index contributed by atoms with van der Waals surface area (Å²) in [4.78, 5) is 10.6. The fourth-order valence-corrected chi connectivity index (χ4v) is 9.48. The van der Waals surface area contributed by atoms with E-state index in [1.165, 1.54) is 11.1 Å². The van der Waals surface area contributed by atoms with Crippen molar-refractivity contribution in [2.45, 2.75) is 72.6 Å². The van der Waals surface area contributed by atoms with E-state index in [1.54, 1.807) is 0 Å². The molecule has 2 aromatic heterocycles. The lowest BCUT2D eigenvalue weighted by Crippen LogP contribution is -2.11. The van der Waals surface area contributed by atoms with Gasteiger partial charge in [0.15, 0.2) is 0 Å². The van der Waals surface area contributed by atoms with Crippen LogP contribution in [0, 0.1) is 6.85 Å². The molecule has 4 nitrogen and oxygen atoms in total. The van der Waals surface area contributed by atoms with Gasteiger partial charge in [-0.05, 0) is 139 Å². The van der Waals surface area contributed by atoms with Crippen LogP contribution >= 0.6 is 0 Å². The van der Waals surface area contributed by atoms with E-state index >= 15 is 0 Å². The van der Waals surface area contributed by atoms with Crippen LogP contribution in [-0.2, 0) is 5.41 Å². The summed E-state index contributed by atoms with van der Waals surface area (Å²) in [6.45, 7) is 12.8. The average molecular weight is 901 g/mol. The molecule has 0 saturated carbocycles. The quantitative estimate of drug-likeness (QED) is 0.149. The van der Waals surface area contributed by atoms with Gasteiger partial charge in [-0.25, -0.2) is 4.98 Å². The van der Waals surface area contributed by atoms with E-state index in [0.717, 1.165) is 83.6 Å². The van der Waals surface area contributed by atoms with Crippen molar-refractivity contribution in [1.29, 1.82) is 0 Å². The molecule has 0 aliphatic rings. The number of aromatic hydroxyl groups is 1. The molecule has 4 heteroatoms. The molecule has 8 aromatic carbocycles. The summed E-state index contributed by atoms with van der Waals surface area (Å²) in [6, 6.07) is 64.1. The second kappa shape index (κ2) is 18.3. The molecule has 0 spiro atoms. The normalized spacial score (nSPS) is 12.6. The van der Waals surface area contributed by atoms with Crippen molar-refractivity contribution in [2.75, 3.05) is 0 Å². The number of pyridine rings is 1. The molecule has 1 N–H and O–H groups in total. The zero-order chi connectivity index (χ0) is 50.5. The van der Waals surface area contributed by atoms with Gasteiger partial charge in [0.1, 0.15) is 11.6 Å². The Morgan fingerprint density at radius 1 is 0.507 bits per heavy atom. The van der Waals surface area contributed by atoms with Gasteiger partial charge in [-0.15, -0.1) is 0 Å². The Labute approximate surface area is 411 Å². The van der Waals surface area contributed by atoms with Crippen LogP contribution in [0.3, 0.4) is 0 Å². The van der Waals surface area contributed by atoms with Gasteiger partial charge in [0.05, 0.1) is 28.0 Å². The van der Waals surface area contributed by atoms with Crippen molar-refractivity contribution >= 4 is 11.0 Å². The summed E-state index contributed by atoms with van der Waals surface area (Å²) in [5.41, 5.74) is 17.2. The number of hydrogen-bond acceptors (Lipinski definition) is 3. The topological polar surface area (TPSA) is 50.9 Å². The van der Waals surface area contributed by atoms with Crippen LogP contribution < -0.4 is 0 Å². The van der Waals surface area contributed by atoms with Gasteiger partial charge in [-0.3, -0.25) is 9.55 Å². The first kappa shape index (κ1) is 41.4. The highest BCUT2D eigenvalue weighted by molar-refractivity contribution is 5.98. The van der Waals surface area contributed by atoms with Crippen molar-refractivity contribution in [3.8, 4) is 89.7 Å². The monoisotopic (exact) mass is 900 g/mol. The molecule has 0 bridgehead atoms. The Balaban J connectivity index is 1.24. The number of fused-ring (bicyclic) bond motifs is 1. The maximum atomic E-state index is 12.5. The van der Waals surface area contributed by atoms with E-state index in [9.17, 15) is 5.11 Å². The minimum Gasteiger partial charge on any atom is -0.507 e. The molecule has 0 fully saturated rings. The second-order valence-corrected chi connectivity index (χ2v) is 19.8. The minimum atomic E-state index is -2.42. The SMILES string of the molecule is [2H]C([2H])([2H])c1cc(-c2ccccc2)c(-n2c(-c3cc(C(C)C)cc(C(C)C)c3O)nc3c(-c4cc(-c5cc(-c6ccc(-c7ccccc7)cc6)ccn5)cc(C(C)(C)C)c4)cccc32)cc1-c1ccccc1. The van der Waals surface area contributed by atoms with Crippen LogP contribution in [0.1, 0.15) is 86.7 Å². The second-order valence-electron chi connectivity index (χ2n) is 19.8. The Bertz CT molecular complexity index is 3590. The Morgan fingerprint density at radius 3 is 1.74 bits per heavy atom. The van der Waals surface area contributed by atoms with Crippen LogP contribution in [0.4, 0.5) is 0 Å². The van der Waals surface area contributed by atoms with Gasteiger partial charge in [0, 0.05) is 27.0 Å². The molecule has 0 amide bonds. The molecule has 0 aliphatic carbocycles. The molecule has 69 heavy (non-hydrogen) atoms. The van der Waals surface area contributed by atoms with Crippen LogP contribution in [-0.4, -0.2) is 19.6 Å². The van der Waals surface area contributed by atoms with Crippen molar-refractivity contribution in [1.82, 2.24) is 14.5 Å². The summed E-state index contributed by atoms with van der Waals surface area (Å²) in [7, 11) is 0. The Hall–Kier alpha value is -7.82. The zero-order valence-corrected chi connectivity index (χ0v) is 40.4. The molecule has 10 rings (SSSR count). The summed E-state index contributed by atoms with van der Waals surface area (Å²) in [5.74, 6) is 0.918. The van der Waals surface area contributed by atoms with Crippen molar-refractivity contribution < 1.29 is 9.22 Å². The van der Waals surface area contributed by atoms with E-state index in [0.29, 0.717) is 17.0 Å². The summed E-state index contributed by atoms with van der Waals surface area (Å²) >= 11 is 0. The smallest absolute Gasteiger partial charge is 0.149 e. The zero-order valence-electron chi connectivity index (χ0n) is 43.4. The highest BCUT2D eigenvalue weighted by Crippen LogP contribution is 2.45. The largest absolute Gasteiger partial charge is 0.507 e. The number of hydrogen-bond donors (Lipinski definition) is 1.